The zero-order chi connectivity index (χ0) is 22.8. The standard InChI is InChI=1S/C26H21ClF3NO/c1-16-25(29)21(14-23(28)26(16)30)18-10-12-31(13-11-18)15-24(32)19-8-6-17(7-9-19)20-4-2-3-5-22(20)27/h2-10,14H,11-13,15H2,1H3. The van der Waals surface area contributed by atoms with Gasteiger partial charge in [-0.05, 0) is 36.6 Å². The third-order valence-corrected chi connectivity index (χ3v) is 6.10. The lowest BCUT2D eigenvalue weighted by molar-refractivity contribution is 0.0937. The van der Waals surface area contributed by atoms with Crippen LogP contribution in [0.25, 0.3) is 16.7 Å². The first-order chi connectivity index (χ1) is 15.3. The van der Waals surface area contributed by atoms with E-state index in [1.54, 1.807) is 18.2 Å². The summed E-state index contributed by atoms with van der Waals surface area (Å²) >= 11 is 6.24. The molecule has 0 spiro atoms. The summed E-state index contributed by atoms with van der Waals surface area (Å²) in [6.07, 6.45) is 2.21. The van der Waals surface area contributed by atoms with Crippen LogP contribution in [-0.2, 0) is 0 Å². The fourth-order valence-electron chi connectivity index (χ4n) is 3.89. The molecule has 0 saturated heterocycles. The lowest BCUT2D eigenvalue weighted by atomic mass is 9.96. The van der Waals surface area contributed by atoms with Crippen molar-refractivity contribution in [2.24, 2.45) is 0 Å². The van der Waals surface area contributed by atoms with E-state index < -0.39 is 17.5 Å². The maximum Gasteiger partial charge on any atom is 0.176 e. The molecule has 0 amide bonds. The van der Waals surface area contributed by atoms with Crippen LogP contribution in [0.4, 0.5) is 13.2 Å². The predicted octanol–water partition coefficient (Wildman–Crippen LogP) is 6.70. The van der Waals surface area contributed by atoms with Gasteiger partial charge in [0, 0.05) is 40.4 Å². The first-order valence-corrected chi connectivity index (χ1v) is 10.7. The summed E-state index contributed by atoms with van der Waals surface area (Å²) in [5.41, 5.74) is 2.82. The van der Waals surface area contributed by atoms with E-state index in [-0.39, 0.29) is 23.5 Å². The van der Waals surface area contributed by atoms with Gasteiger partial charge in [-0.15, -0.1) is 0 Å². The number of halogens is 4. The molecule has 1 aliphatic heterocycles. The van der Waals surface area contributed by atoms with E-state index >= 15 is 0 Å². The van der Waals surface area contributed by atoms with Crippen molar-refractivity contribution in [2.75, 3.05) is 19.6 Å². The van der Waals surface area contributed by atoms with Gasteiger partial charge < -0.3 is 0 Å². The molecule has 0 fully saturated rings. The van der Waals surface area contributed by atoms with Crippen molar-refractivity contribution in [2.45, 2.75) is 13.3 Å². The van der Waals surface area contributed by atoms with Crippen LogP contribution >= 0.6 is 11.6 Å². The molecular weight excluding hydrogens is 435 g/mol. The molecule has 0 aliphatic carbocycles. The Labute approximate surface area is 189 Å². The quantitative estimate of drug-likeness (QED) is 0.315. The number of hydrogen-bond acceptors (Lipinski definition) is 2. The van der Waals surface area contributed by atoms with Gasteiger partial charge in [-0.1, -0.05) is 60.1 Å². The molecule has 0 N–H and O–H groups in total. The lowest BCUT2D eigenvalue weighted by Gasteiger charge is -2.26. The fraction of sp³-hybridized carbons (Fsp3) is 0.192. The minimum atomic E-state index is -1.16. The zero-order valence-corrected chi connectivity index (χ0v) is 18.2. The molecule has 6 heteroatoms. The van der Waals surface area contributed by atoms with Gasteiger partial charge in [0.2, 0.25) is 0 Å². The number of hydrogen-bond donors (Lipinski definition) is 0. The fourth-order valence-corrected chi connectivity index (χ4v) is 4.13. The highest BCUT2D eigenvalue weighted by atomic mass is 35.5. The average Bonchev–Trinajstić information content (AvgIpc) is 2.81. The second-order valence-corrected chi connectivity index (χ2v) is 8.26. The third kappa shape index (κ3) is 4.50. The molecular formula is C26H21ClF3NO. The summed E-state index contributed by atoms with van der Waals surface area (Å²) in [4.78, 5) is 14.7. The van der Waals surface area contributed by atoms with Crippen LogP contribution in [0.3, 0.4) is 0 Å². The Bertz CT molecular complexity index is 1200. The Kier molecular flexibility index (Phi) is 6.49. The van der Waals surface area contributed by atoms with Crippen molar-refractivity contribution >= 4 is 23.0 Å². The Morgan fingerprint density at radius 1 is 1.00 bits per heavy atom. The molecule has 1 heterocycles. The number of rotatable bonds is 5. The van der Waals surface area contributed by atoms with E-state index in [1.807, 2.05) is 41.3 Å². The van der Waals surface area contributed by atoms with E-state index in [4.69, 9.17) is 11.6 Å². The van der Waals surface area contributed by atoms with Gasteiger partial charge in [-0.25, -0.2) is 13.2 Å². The summed E-state index contributed by atoms with van der Waals surface area (Å²) in [6.45, 7) is 2.39. The van der Waals surface area contributed by atoms with E-state index in [9.17, 15) is 18.0 Å². The topological polar surface area (TPSA) is 20.3 Å². The second-order valence-electron chi connectivity index (χ2n) is 7.85. The Morgan fingerprint density at radius 2 is 1.72 bits per heavy atom. The van der Waals surface area contributed by atoms with Gasteiger partial charge >= 0.3 is 0 Å². The van der Waals surface area contributed by atoms with Crippen LogP contribution in [0.1, 0.15) is 27.9 Å². The predicted molar refractivity (Wildman–Crippen MR) is 121 cm³/mol. The van der Waals surface area contributed by atoms with Crippen LogP contribution < -0.4 is 0 Å². The van der Waals surface area contributed by atoms with Gasteiger partial charge in [0.05, 0.1) is 6.54 Å². The Balaban J connectivity index is 1.43. The van der Waals surface area contributed by atoms with Gasteiger partial charge in [0.25, 0.3) is 0 Å². The molecule has 0 aromatic heterocycles. The van der Waals surface area contributed by atoms with Crippen LogP contribution in [0.5, 0.6) is 0 Å². The van der Waals surface area contributed by atoms with Crippen molar-refractivity contribution in [3.05, 3.63) is 99.8 Å². The molecule has 1 aliphatic rings. The maximum atomic E-state index is 14.4. The van der Waals surface area contributed by atoms with Crippen LogP contribution in [0.15, 0.2) is 60.7 Å². The van der Waals surface area contributed by atoms with Crippen molar-refractivity contribution in [1.29, 1.82) is 0 Å². The number of ketones is 1. The van der Waals surface area contributed by atoms with Gasteiger partial charge in [0.1, 0.15) is 5.82 Å². The summed E-state index contributed by atoms with van der Waals surface area (Å²) in [5, 5.41) is 0.648. The van der Waals surface area contributed by atoms with Gasteiger partial charge in [-0.3, -0.25) is 9.69 Å². The summed E-state index contributed by atoms with van der Waals surface area (Å²) in [7, 11) is 0. The largest absolute Gasteiger partial charge is 0.293 e. The van der Waals surface area contributed by atoms with E-state index in [2.05, 4.69) is 0 Å². The highest BCUT2D eigenvalue weighted by Crippen LogP contribution is 2.30. The molecule has 3 aromatic rings. The molecule has 0 radical (unpaired) electrons. The van der Waals surface area contributed by atoms with Gasteiger partial charge in [0.15, 0.2) is 17.4 Å². The van der Waals surface area contributed by atoms with Crippen molar-refractivity contribution in [1.82, 2.24) is 4.90 Å². The highest BCUT2D eigenvalue weighted by Gasteiger charge is 2.22. The Hall–Kier alpha value is -2.89. The summed E-state index contributed by atoms with van der Waals surface area (Å²) in [6, 6.07) is 15.7. The molecule has 4 rings (SSSR count). The van der Waals surface area contributed by atoms with Gasteiger partial charge in [-0.2, -0.15) is 0 Å². The number of Topliss-reactive ketones (excluding diaryl/α,β-unsaturated/α-hetero) is 1. The van der Waals surface area contributed by atoms with Crippen molar-refractivity contribution < 1.29 is 18.0 Å². The molecule has 32 heavy (non-hydrogen) atoms. The molecule has 164 valence electrons. The molecule has 0 atom stereocenters. The zero-order valence-electron chi connectivity index (χ0n) is 17.5. The number of carbonyl (C=O) groups excluding carboxylic acids is 1. The SMILES string of the molecule is Cc1c(F)c(F)cc(C2=CCN(CC(=O)c3ccc(-c4ccccc4Cl)cc3)CC2)c1F. The van der Waals surface area contributed by atoms with Crippen LogP contribution in [-0.4, -0.2) is 30.3 Å². The average molecular weight is 456 g/mol. The first-order valence-electron chi connectivity index (χ1n) is 10.3. The minimum absolute atomic E-state index is 0.0255. The summed E-state index contributed by atoms with van der Waals surface area (Å²) in [5.74, 6) is -2.98. The van der Waals surface area contributed by atoms with Crippen molar-refractivity contribution in [3.63, 3.8) is 0 Å². The lowest BCUT2D eigenvalue weighted by Crippen LogP contribution is -2.33. The monoisotopic (exact) mass is 455 g/mol. The van der Waals surface area contributed by atoms with Crippen LogP contribution in [0, 0.1) is 24.4 Å². The number of benzene rings is 3. The smallest absolute Gasteiger partial charge is 0.176 e. The molecule has 0 unspecified atom stereocenters. The van der Waals surface area contributed by atoms with Crippen molar-refractivity contribution in [3.8, 4) is 11.1 Å². The summed E-state index contributed by atoms with van der Waals surface area (Å²) < 4.78 is 41.7. The molecule has 3 aromatic carbocycles. The first kappa shape index (κ1) is 22.3. The second kappa shape index (κ2) is 9.31. The molecule has 0 saturated carbocycles. The molecule has 2 nitrogen and oxygen atoms in total. The van der Waals surface area contributed by atoms with E-state index in [0.717, 1.165) is 17.2 Å². The number of nitrogens with zero attached hydrogens (tertiary/aromatic N) is 1. The Morgan fingerprint density at radius 3 is 2.38 bits per heavy atom. The third-order valence-electron chi connectivity index (χ3n) is 5.77. The van der Waals surface area contributed by atoms with E-state index in [0.29, 0.717) is 35.7 Å². The van der Waals surface area contributed by atoms with E-state index in [1.165, 1.54) is 6.92 Å². The minimum Gasteiger partial charge on any atom is -0.293 e. The maximum absolute atomic E-state index is 14.4. The number of carbonyl (C=O) groups is 1. The molecule has 0 bridgehead atoms. The highest BCUT2D eigenvalue weighted by molar-refractivity contribution is 6.33. The normalized spacial score (nSPS) is 14.3. The van der Waals surface area contributed by atoms with Crippen LogP contribution in [0.2, 0.25) is 5.02 Å².